The fourth-order valence-electron chi connectivity index (χ4n) is 3.06. The number of aryl methyl sites for hydroxylation is 1. The predicted molar refractivity (Wildman–Crippen MR) is 92.9 cm³/mol. The Hall–Kier alpha value is -2.21. The number of hydrogen-bond acceptors (Lipinski definition) is 4. The maximum atomic E-state index is 12.3. The minimum atomic E-state index is -0.0488. The molecule has 24 heavy (non-hydrogen) atoms. The summed E-state index contributed by atoms with van der Waals surface area (Å²) in [5, 5.41) is 0. The predicted octanol–water partition coefficient (Wildman–Crippen LogP) is 1.30. The van der Waals surface area contributed by atoms with Crippen LogP contribution in [0.25, 0.3) is 5.65 Å². The summed E-state index contributed by atoms with van der Waals surface area (Å²) in [4.78, 5) is 33.1. The van der Waals surface area contributed by atoms with Gasteiger partial charge in [0, 0.05) is 50.9 Å². The van der Waals surface area contributed by atoms with Gasteiger partial charge in [-0.05, 0) is 18.6 Å². The summed E-state index contributed by atoms with van der Waals surface area (Å²) < 4.78 is 1.58. The Morgan fingerprint density at radius 1 is 1.21 bits per heavy atom. The third kappa shape index (κ3) is 3.48. The van der Waals surface area contributed by atoms with Crippen LogP contribution in [0.15, 0.2) is 29.2 Å². The van der Waals surface area contributed by atoms with Crippen molar-refractivity contribution in [2.24, 2.45) is 5.92 Å². The normalized spacial score (nSPS) is 16.1. The third-order valence-electron chi connectivity index (χ3n) is 4.42. The molecule has 3 heterocycles. The molecule has 2 aromatic heterocycles. The molecule has 0 spiro atoms. The van der Waals surface area contributed by atoms with E-state index in [9.17, 15) is 9.59 Å². The fourth-order valence-corrected chi connectivity index (χ4v) is 3.06. The molecular formula is C18H24N4O2. The summed E-state index contributed by atoms with van der Waals surface area (Å²) in [6.07, 6.45) is 1.81. The summed E-state index contributed by atoms with van der Waals surface area (Å²) in [6, 6.07) is 5.44. The van der Waals surface area contributed by atoms with Gasteiger partial charge >= 0.3 is 0 Å². The van der Waals surface area contributed by atoms with Crippen molar-refractivity contribution < 1.29 is 4.79 Å². The molecule has 0 aliphatic carbocycles. The highest BCUT2D eigenvalue weighted by molar-refractivity contribution is 5.78. The van der Waals surface area contributed by atoms with E-state index in [1.807, 2.05) is 44.0 Å². The number of rotatable bonds is 3. The van der Waals surface area contributed by atoms with Crippen molar-refractivity contribution in [2.45, 2.75) is 27.3 Å². The topological polar surface area (TPSA) is 57.9 Å². The van der Waals surface area contributed by atoms with Crippen LogP contribution < -0.4 is 5.56 Å². The van der Waals surface area contributed by atoms with Crippen LogP contribution in [0.5, 0.6) is 0 Å². The summed E-state index contributed by atoms with van der Waals surface area (Å²) in [6.45, 7) is 9.57. The molecule has 1 amide bonds. The van der Waals surface area contributed by atoms with Crippen molar-refractivity contribution in [3.8, 4) is 0 Å². The van der Waals surface area contributed by atoms with Crippen LogP contribution in [0.2, 0.25) is 0 Å². The quantitative estimate of drug-likeness (QED) is 0.852. The average Bonchev–Trinajstić information content (AvgIpc) is 2.55. The number of fused-ring (bicyclic) bond motifs is 1. The standard InChI is InChI=1S/C18H24N4O2/c1-13(2)18(24)21-8-6-20(7-9-21)12-15-10-17(23)22-11-14(3)4-5-16(22)19-15/h4-5,10-11,13H,6-9,12H2,1-3H3. The van der Waals surface area contributed by atoms with Gasteiger partial charge in [-0.15, -0.1) is 0 Å². The molecule has 1 aliphatic heterocycles. The molecule has 128 valence electrons. The van der Waals surface area contributed by atoms with Gasteiger partial charge in [0.15, 0.2) is 0 Å². The molecule has 0 atom stereocenters. The van der Waals surface area contributed by atoms with E-state index in [1.165, 1.54) is 0 Å². The molecule has 0 saturated carbocycles. The SMILES string of the molecule is Cc1ccc2nc(CN3CCN(C(=O)C(C)C)CC3)cc(=O)n2c1. The lowest BCUT2D eigenvalue weighted by Gasteiger charge is -2.35. The van der Waals surface area contributed by atoms with E-state index in [2.05, 4.69) is 9.88 Å². The Kier molecular flexibility index (Phi) is 4.66. The smallest absolute Gasteiger partial charge is 0.258 e. The molecule has 0 unspecified atom stereocenters. The van der Waals surface area contributed by atoms with E-state index < -0.39 is 0 Å². The molecule has 2 aromatic rings. The van der Waals surface area contributed by atoms with E-state index in [1.54, 1.807) is 10.5 Å². The minimum absolute atomic E-state index is 0.0437. The van der Waals surface area contributed by atoms with Gasteiger partial charge in [0.2, 0.25) is 5.91 Å². The largest absolute Gasteiger partial charge is 0.340 e. The Morgan fingerprint density at radius 3 is 2.58 bits per heavy atom. The number of nitrogens with zero attached hydrogens (tertiary/aromatic N) is 4. The Morgan fingerprint density at radius 2 is 1.92 bits per heavy atom. The van der Waals surface area contributed by atoms with Crippen LogP contribution in [0, 0.1) is 12.8 Å². The number of piperazine rings is 1. The second-order valence-electron chi connectivity index (χ2n) is 6.78. The van der Waals surface area contributed by atoms with E-state index in [0.717, 1.165) is 37.4 Å². The molecule has 3 rings (SSSR count). The van der Waals surface area contributed by atoms with E-state index in [4.69, 9.17) is 0 Å². The lowest BCUT2D eigenvalue weighted by atomic mass is 10.1. The Labute approximate surface area is 141 Å². The van der Waals surface area contributed by atoms with Crippen LogP contribution >= 0.6 is 0 Å². The van der Waals surface area contributed by atoms with Gasteiger partial charge in [-0.2, -0.15) is 0 Å². The summed E-state index contributed by atoms with van der Waals surface area (Å²) >= 11 is 0. The van der Waals surface area contributed by atoms with E-state index >= 15 is 0 Å². The maximum Gasteiger partial charge on any atom is 0.258 e. The monoisotopic (exact) mass is 328 g/mol. The first-order chi connectivity index (χ1) is 11.4. The lowest BCUT2D eigenvalue weighted by Crippen LogP contribution is -2.49. The summed E-state index contributed by atoms with van der Waals surface area (Å²) in [5.41, 5.74) is 2.45. The summed E-state index contributed by atoms with van der Waals surface area (Å²) in [7, 11) is 0. The second-order valence-corrected chi connectivity index (χ2v) is 6.78. The second kappa shape index (κ2) is 6.73. The van der Waals surface area contributed by atoms with Gasteiger partial charge in [0.1, 0.15) is 5.65 Å². The molecule has 6 nitrogen and oxygen atoms in total. The first-order valence-electron chi connectivity index (χ1n) is 8.44. The highest BCUT2D eigenvalue weighted by Gasteiger charge is 2.23. The van der Waals surface area contributed by atoms with Gasteiger partial charge in [0.25, 0.3) is 5.56 Å². The molecule has 1 saturated heterocycles. The molecule has 1 aliphatic rings. The van der Waals surface area contributed by atoms with Crippen molar-refractivity contribution in [2.75, 3.05) is 26.2 Å². The number of pyridine rings is 1. The average molecular weight is 328 g/mol. The highest BCUT2D eigenvalue weighted by atomic mass is 16.2. The van der Waals surface area contributed by atoms with Crippen molar-refractivity contribution in [3.63, 3.8) is 0 Å². The van der Waals surface area contributed by atoms with Crippen LogP contribution in [0.3, 0.4) is 0 Å². The lowest BCUT2D eigenvalue weighted by molar-refractivity contribution is -0.136. The zero-order chi connectivity index (χ0) is 17.3. The zero-order valence-electron chi connectivity index (χ0n) is 14.5. The van der Waals surface area contributed by atoms with Crippen molar-refractivity contribution in [1.29, 1.82) is 0 Å². The molecule has 0 aromatic carbocycles. The van der Waals surface area contributed by atoms with Gasteiger partial charge in [0.05, 0.1) is 5.69 Å². The Balaban J connectivity index is 1.69. The van der Waals surface area contributed by atoms with Crippen LogP contribution in [0.1, 0.15) is 25.1 Å². The molecule has 0 radical (unpaired) electrons. The van der Waals surface area contributed by atoms with Crippen molar-refractivity contribution in [1.82, 2.24) is 19.2 Å². The zero-order valence-corrected chi connectivity index (χ0v) is 14.5. The first-order valence-corrected chi connectivity index (χ1v) is 8.44. The van der Waals surface area contributed by atoms with E-state index in [-0.39, 0.29) is 17.4 Å². The summed E-state index contributed by atoms with van der Waals surface area (Å²) in [5.74, 6) is 0.259. The van der Waals surface area contributed by atoms with Gasteiger partial charge in [-0.3, -0.25) is 18.9 Å². The maximum absolute atomic E-state index is 12.3. The number of amides is 1. The van der Waals surface area contributed by atoms with Crippen LogP contribution in [-0.2, 0) is 11.3 Å². The van der Waals surface area contributed by atoms with Gasteiger partial charge in [-0.1, -0.05) is 19.9 Å². The molecule has 6 heteroatoms. The van der Waals surface area contributed by atoms with Crippen LogP contribution in [0.4, 0.5) is 0 Å². The fraction of sp³-hybridized carbons (Fsp3) is 0.500. The van der Waals surface area contributed by atoms with Gasteiger partial charge < -0.3 is 4.90 Å². The molecular weight excluding hydrogens is 304 g/mol. The molecule has 0 bridgehead atoms. The van der Waals surface area contributed by atoms with Crippen LogP contribution in [-0.4, -0.2) is 51.3 Å². The Bertz CT molecular complexity index is 804. The number of hydrogen-bond donors (Lipinski definition) is 0. The minimum Gasteiger partial charge on any atom is -0.340 e. The number of carbonyl (C=O) groups excluding carboxylic acids is 1. The van der Waals surface area contributed by atoms with Crippen molar-refractivity contribution in [3.05, 3.63) is 46.0 Å². The molecule has 0 N–H and O–H groups in total. The van der Waals surface area contributed by atoms with E-state index in [0.29, 0.717) is 12.2 Å². The number of aromatic nitrogens is 2. The first kappa shape index (κ1) is 16.6. The van der Waals surface area contributed by atoms with Gasteiger partial charge in [-0.25, -0.2) is 4.98 Å². The number of carbonyl (C=O) groups is 1. The molecule has 1 fully saturated rings. The van der Waals surface area contributed by atoms with Crippen molar-refractivity contribution >= 4 is 11.6 Å². The third-order valence-corrected chi connectivity index (χ3v) is 4.42. The highest BCUT2D eigenvalue weighted by Crippen LogP contribution is 2.10.